The molecule has 0 aliphatic carbocycles. The van der Waals surface area contributed by atoms with Crippen LogP contribution >= 0.6 is 0 Å². The summed E-state index contributed by atoms with van der Waals surface area (Å²) >= 11 is 0. The average Bonchev–Trinajstić information content (AvgIpc) is 2.44. The van der Waals surface area contributed by atoms with Crippen molar-refractivity contribution in [3.05, 3.63) is 33.9 Å². The summed E-state index contributed by atoms with van der Waals surface area (Å²) < 4.78 is 4.96. The van der Waals surface area contributed by atoms with Crippen LogP contribution in [-0.2, 0) is 4.79 Å². The molecule has 0 unspecified atom stereocenters. The predicted octanol–water partition coefficient (Wildman–Crippen LogP) is 0.127. The molecule has 0 saturated carbocycles. The molecule has 3 N–H and O–H groups in total. The summed E-state index contributed by atoms with van der Waals surface area (Å²) in [6.45, 7) is -0.551. The lowest BCUT2D eigenvalue weighted by Crippen LogP contribution is -2.39. The van der Waals surface area contributed by atoms with Crippen LogP contribution < -0.4 is 15.4 Å². The maximum Gasteiger partial charge on any atom is 0.342 e. The highest BCUT2D eigenvalue weighted by atomic mass is 16.6. The molecule has 1 aromatic rings. The molecule has 1 rings (SSSR count). The molecule has 0 radical (unpaired) electrons. The van der Waals surface area contributed by atoms with Gasteiger partial charge in [-0.25, -0.2) is 9.59 Å². The number of imide groups is 1. The highest BCUT2D eigenvalue weighted by molar-refractivity contribution is 5.95. The summed E-state index contributed by atoms with van der Waals surface area (Å²) in [6.07, 6.45) is 0. The van der Waals surface area contributed by atoms with Gasteiger partial charge in [0.2, 0.25) is 0 Å². The molecule has 3 amide bonds. The number of carboxylic acids is 1. The number of carbonyl (C=O) groups excluding carboxylic acids is 2. The Morgan fingerprint density at radius 2 is 2.05 bits per heavy atom. The minimum absolute atomic E-state index is 0.0509. The molecule has 112 valence electrons. The largest absolute Gasteiger partial charge is 0.484 e. The van der Waals surface area contributed by atoms with E-state index in [0.29, 0.717) is 0 Å². The lowest BCUT2D eigenvalue weighted by Gasteiger charge is -2.07. The lowest BCUT2D eigenvalue weighted by molar-refractivity contribution is -0.385. The molecule has 10 nitrogen and oxygen atoms in total. The SMILES string of the molecule is CNC(=O)NC(=O)COc1ccc([N+](=O)[O-])c(C(=O)O)c1. The second-order valence-electron chi connectivity index (χ2n) is 3.66. The zero-order valence-corrected chi connectivity index (χ0v) is 10.8. The zero-order valence-electron chi connectivity index (χ0n) is 10.8. The first kappa shape index (κ1) is 15.9. The van der Waals surface area contributed by atoms with Crippen molar-refractivity contribution in [2.24, 2.45) is 0 Å². The predicted molar refractivity (Wildman–Crippen MR) is 68.1 cm³/mol. The van der Waals surface area contributed by atoms with Crippen molar-refractivity contribution in [1.82, 2.24) is 10.6 Å². The van der Waals surface area contributed by atoms with E-state index >= 15 is 0 Å². The number of nitro benzene ring substituents is 1. The molecule has 0 fully saturated rings. The Morgan fingerprint density at radius 1 is 1.38 bits per heavy atom. The van der Waals surface area contributed by atoms with E-state index in [4.69, 9.17) is 9.84 Å². The summed E-state index contributed by atoms with van der Waals surface area (Å²) in [5.74, 6) is -2.31. The molecule has 10 heteroatoms. The van der Waals surface area contributed by atoms with E-state index < -0.39 is 40.7 Å². The molecular formula is C11H11N3O7. The molecule has 0 spiro atoms. The molecule has 0 aliphatic heterocycles. The standard InChI is InChI=1S/C11H11N3O7/c1-12-11(18)13-9(15)5-21-6-2-3-8(14(19)20)7(4-6)10(16)17/h2-4H,5H2,1H3,(H,16,17)(H2,12,13,15,18). The number of hydrogen-bond donors (Lipinski definition) is 3. The van der Waals surface area contributed by atoms with Crippen LogP contribution in [0.3, 0.4) is 0 Å². The molecule has 0 saturated heterocycles. The van der Waals surface area contributed by atoms with Gasteiger partial charge in [-0.05, 0) is 6.07 Å². The Bertz CT molecular complexity index is 599. The monoisotopic (exact) mass is 297 g/mol. The van der Waals surface area contributed by atoms with Gasteiger partial charge < -0.3 is 15.2 Å². The highest BCUT2D eigenvalue weighted by Crippen LogP contribution is 2.24. The maximum atomic E-state index is 11.3. The molecule has 0 aliphatic rings. The third-order valence-electron chi connectivity index (χ3n) is 2.25. The second-order valence-corrected chi connectivity index (χ2v) is 3.66. The van der Waals surface area contributed by atoms with Crippen LogP contribution in [0.1, 0.15) is 10.4 Å². The number of hydrogen-bond acceptors (Lipinski definition) is 6. The van der Waals surface area contributed by atoms with E-state index in [1.54, 1.807) is 0 Å². The number of urea groups is 1. The number of nitrogens with zero attached hydrogens (tertiary/aromatic N) is 1. The number of nitrogens with one attached hydrogen (secondary N) is 2. The van der Waals surface area contributed by atoms with Gasteiger partial charge in [-0.3, -0.25) is 20.2 Å². The molecule has 1 aromatic carbocycles. The molecular weight excluding hydrogens is 286 g/mol. The molecule has 21 heavy (non-hydrogen) atoms. The number of ether oxygens (including phenoxy) is 1. The number of nitro groups is 1. The first-order chi connectivity index (χ1) is 9.85. The minimum atomic E-state index is -1.50. The van der Waals surface area contributed by atoms with E-state index in [2.05, 4.69) is 5.32 Å². The Morgan fingerprint density at radius 3 is 2.57 bits per heavy atom. The van der Waals surface area contributed by atoms with Crippen molar-refractivity contribution >= 4 is 23.6 Å². The summed E-state index contributed by atoms with van der Waals surface area (Å²) in [7, 11) is 1.32. The molecule has 0 aromatic heterocycles. The lowest BCUT2D eigenvalue weighted by atomic mass is 10.1. The van der Waals surface area contributed by atoms with E-state index in [1.165, 1.54) is 7.05 Å². The topological polar surface area (TPSA) is 148 Å². The van der Waals surface area contributed by atoms with Gasteiger partial charge in [0.25, 0.3) is 11.6 Å². The fraction of sp³-hybridized carbons (Fsp3) is 0.182. The number of carbonyl (C=O) groups is 3. The van der Waals surface area contributed by atoms with Gasteiger partial charge in [0.1, 0.15) is 11.3 Å². The fourth-order valence-corrected chi connectivity index (χ4v) is 1.31. The maximum absolute atomic E-state index is 11.3. The van der Waals surface area contributed by atoms with Crippen molar-refractivity contribution in [3.63, 3.8) is 0 Å². The normalized spacial score (nSPS) is 9.57. The third-order valence-corrected chi connectivity index (χ3v) is 2.25. The minimum Gasteiger partial charge on any atom is -0.484 e. The number of benzene rings is 1. The van der Waals surface area contributed by atoms with Gasteiger partial charge >= 0.3 is 12.0 Å². The van der Waals surface area contributed by atoms with Crippen molar-refractivity contribution < 1.29 is 29.2 Å². The van der Waals surface area contributed by atoms with E-state index in [-0.39, 0.29) is 5.75 Å². The van der Waals surface area contributed by atoms with Crippen LogP contribution in [0.2, 0.25) is 0 Å². The van der Waals surface area contributed by atoms with Crippen molar-refractivity contribution in [3.8, 4) is 5.75 Å². The first-order valence-electron chi connectivity index (χ1n) is 5.51. The van der Waals surface area contributed by atoms with E-state index in [1.807, 2.05) is 5.32 Å². The highest BCUT2D eigenvalue weighted by Gasteiger charge is 2.20. The molecule has 0 atom stereocenters. The summed E-state index contributed by atoms with van der Waals surface area (Å²) in [5, 5.41) is 23.6. The van der Waals surface area contributed by atoms with Crippen molar-refractivity contribution in [2.45, 2.75) is 0 Å². The Hall–Kier alpha value is -3.17. The summed E-state index contributed by atoms with van der Waals surface area (Å²) in [4.78, 5) is 42.8. The zero-order chi connectivity index (χ0) is 16.0. The van der Waals surface area contributed by atoms with Crippen molar-refractivity contribution in [1.29, 1.82) is 0 Å². The van der Waals surface area contributed by atoms with E-state index in [0.717, 1.165) is 18.2 Å². The fourth-order valence-electron chi connectivity index (χ4n) is 1.31. The van der Waals surface area contributed by atoms with Gasteiger partial charge in [0.05, 0.1) is 4.92 Å². The van der Waals surface area contributed by atoms with Gasteiger partial charge in [-0.2, -0.15) is 0 Å². The van der Waals surface area contributed by atoms with Crippen LogP contribution in [0.4, 0.5) is 10.5 Å². The van der Waals surface area contributed by atoms with Crippen LogP contribution in [0.5, 0.6) is 5.75 Å². The second kappa shape index (κ2) is 6.84. The quantitative estimate of drug-likeness (QED) is 0.516. The molecule has 0 heterocycles. The van der Waals surface area contributed by atoms with Gasteiger partial charge in [-0.1, -0.05) is 0 Å². The Labute approximate surface area is 117 Å². The molecule has 0 bridgehead atoms. The number of aromatic carboxylic acids is 1. The van der Waals surface area contributed by atoms with Gasteiger partial charge in [0.15, 0.2) is 6.61 Å². The Balaban J connectivity index is 2.79. The first-order valence-corrected chi connectivity index (χ1v) is 5.51. The number of amides is 3. The smallest absolute Gasteiger partial charge is 0.342 e. The van der Waals surface area contributed by atoms with Gasteiger partial charge in [-0.15, -0.1) is 0 Å². The van der Waals surface area contributed by atoms with Crippen molar-refractivity contribution in [2.75, 3.05) is 13.7 Å². The van der Waals surface area contributed by atoms with Gasteiger partial charge in [0, 0.05) is 19.2 Å². The Kier molecular flexibility index (Phi) is 5.17. The van der Waals surface area contributed by atoms with E-state index in [9.17, 15) is 24.5 Å². The van der Waals surface area contributed by atoms with Crippen LogP contribution in [-0.4, -0.2) is 41.6 Å². The van der Waals surface area contributed by atoms with Crippen LogP contribution in [0.15, 0.2) is 18.2 Å². The van der Waals surface area contributed by atoms with Crippen LogP contribution in [0.25, 0.3) is 0 Å². The summed E-state index contributed by atoms with van der Waals surface area (Å²) in [6, 6.07) is 2.31. The number of rotatable bonds is 5. The average molecular weight is 297 g/mol. The number of carboxylic acid groups (broad SMARTS) is 1. The van der Waals surface area contributed by atoms with Crippen LogP contribution in [0, 0.1) is 10.1 Å². The summed E-state index contributed by atoms with van der Waals surface area (Å²) in [5.41, 5.74) is -1.16. The third kappa shape index (κ3) is 4.45.